The zero-order valence-electron chi connectivity index (χ0n) is 11.1. The quantitative estimate of drug-likeness (QED) is 0.851. The molecule has 0 aliphatic carbocycles. The van der Waals surface area contributed by atoms with Gasteiger partial charge >= 0.3 is 0 Å². The van der Waals surface area contributed by atoms with Crippen LogP contribution in [-0.4, -0.2) is 23.1 Å². The average molecular weight is 239 g/mol. The third-order valence-corrected chi connectivity index (χ3v) is 2.94. The van der Waals surface area contributed by atoms with E-state index in [2.05, 4.69) is 25.7 Å². The SMILES string of the molecule is CC(C)CC(C)N(C)Cc1cc(O)cc(F)c1. The summed E-state index contributed by atoms with van der Waals surface area (Å²) >= 11 is 0. The average Bonchev–Trinajstić information content (AvgIpc) is 2.14. The summed E-state index contributed by atoms with van der Waals surface area (Å²) in [6, 6.07) is 4.65. The number of aromatic hydroxyl groups is 1. The largest absolute Gasteiger partial charge is 0.508 e. The van der Waals surface area contributed by atoms with Gasteiger partial charge in [0.25, 0.3) is 0 Å². The molecule has 0 saturated carbocycles. The minimum absolute atomic E-state index is 0.00934. The highest BCUT2D eigenvalue weighted by atomic mass is 19.1. The summed E-state index contributed by atoms with van der Waals surface area (Å²) < 4.78 is 13.1. The van der Waals surface area contributed by atoms with Crippen molar-refractivity contribution in [2.75, 3.05) is 7.05 Å². The minimum atomic E-state index is -0.384. The van der Waals surface area contributed by atoms with Crippen LogP contribution in [0.1, 0.15) is 32.8 Å². The summed E-state index contributed by atoms with van der Waals surface area (Å²) in [6.45, 7) is 7.20. The van der Waals surface area contributed by atoms with Crippen LogP contribution in [0.15, 0.2) is 18.2 Å². The van der Waals surface area contributed by atoms with E-state index in [9.17, 15) is 9.50 Å². The maximum absolute atomic E-state index is 13.1. The smallest absolute Gasteiger partial charge is 0.127 e. The first kappa shape index (κ1) is 14.0. The number of hydrogen-bond acceptors (Lipinski definition) is 2. The number of hydrogen-bond donors (Lipinski definition) is 1. The maximum atomic E-state index is 13.1. The second-order valence-electron chi connectivity index (χ2n) is 5.21. The van der Waals surface area contributed by atoms with Gasteiger partial charge in [0.2, 0.25) is 0 Å². The summed E-state index contributed by atoms with van der Waals surface area (Å²) in [5.74, 6) is 0.253. The Hall–Kier alpha value is -1.09. The minimum Gasteiger partial charge on any atom is -0.508 e. The molecule has 1 unspecified atom stereocenters. The fourth-order valence-electron chi connectivity index (χ4n) is 2.03. The zero-order chi connectivity index (χ0) is 13.0. The predicted molar refractivity (Wildman–Crippen MR) is 68.4 cm³/mol. The lowest BCUT2D eigenvalue weighted by Crippen LogP contribution is -2.29. The van der Waals surface area contributed by atoms with E-state index in [1.165, 1.54) is 6.07 Å². The van der Waals surface area contributed by atoms with Crippen LogP contribution in [0.5, 0.6) is 5.75 Å². The van der Waals surface area contributed by atoms with Gasteiger partial charge in [0.15, 0.2) is 0 Å². The van der Waals surface area contributed by atoms with Gasteiger partial charge in [-0.3, -0.25) is 4.90 Å². The van der Waals surface area contributed by atoms with Crippen molar-refractivity contribution in [1.29, 1.82) is 0 Å². The van der Waals surface area contributed by atoms with Gasteiger partial charge in [-0.2, -0.15) is 0 Å². The lowest BCUT2D eigenvalue weighted by atomic mass is 10.0. The molecule has 0 fully saturated rings. The van der Waals surface area contributed by atoms with Crippen molar-refractivity contribution >= 4 is 0 Å². The molecule has 1 N–H and O–H groups in total. The molecule has 17 heavy (non-hydrogen) atoms. The van der Waals surface area contributed by atoms with Crippen molar-refractivity contribution in [2.24, 2.45) is 5.92 Å². The van der Waals surface area contributed by atoms with E-state index in [1.807, 2.05) is 7.05 Å². The first-order valence-electron chi connectivity index (χ1n) is 6.07. The molecule has 1 rings (SSSR count). The topological polar surface area (TPSA) is 23.5 Å². The van der Waals surface area contributed by atoms with E-state index in [0.717, 1.165) is 18.1 Å². The van der Waals surface area contributed by atoms with Crippen LogP contribution < -0.4 is 0 Å². The summed E-state index contributed by atoms with van der Waals surface area (Å²) in [5, 5.41) is 9.33. The Labute approximate surface area is 103 Å². The Bertz CT molecular complexity index is 345. The molecule has 0 spiro atoms. The lowest BCUT2D eigenvalue weighted by molar-refractivity contribution is 0.220. The normalized spacial score (nSPS) is 13.4. The highest BCUT2D eigenvalue weighted by molar-refractivity contribution is 5.28. The van der Waals surface area contributed by atoms with E-state index in [1.54, 1.807) is 6.07 Å². The predicted octanol–water partition coefficient (Wildman–Crippen LogP) is 3.40. The molecule has 0 aromatic heterocycles. The number of halogens is 1. The standard InChI is InChI=1S/C14H22FNO/c1-10(2)5-11(3)16(4)9-12-6-13(15)8-14(17)7-12/h6-8,10-11,17H,5,9H2,1-4H3. The maximum Gasteiger partial charge on any atom is 0.127 e. The highest BCUT2D eigenvalue weighted by Crippen LogP contribution is 2.18. The molecule has 1 aromatic rings. The van der Waals surface area contributed by atoms with Crippen LogP contribution in [0, 0.1) is 11.7 Å². The Kier molecular flexibility index (Phi) is 4.94. The molecule has 3 heteroatoms. The molecule has 0 saturated heterocycles. The van der Waals surface area contributed by atoms with Gasteiger partial charge in [0, 0.05) is 18.7 Å². The van der Waals surface area contributed by atoms with Crippen molar-refractivity contribution in [2.45, 2.75) is 39.8 Å². The Morgan fingerprint density at radius 3 is 2.41 bits per heavy atom. The Morgan fingerprint density at radius 1 is 1.24 bits per heavy atom. The van der Waals surface area contributed by atoms with Crippen LogP contribution in [0.3, 0.4) is 0 Å². The highest BCUT2D eigenvalue weighted by Gasteiger charge is 2.12. The third-order valence-electron chi connectivity index (χ3n) is 2.94. The van der Waals surface area contributed by atoms with E-state index in [4.69, 9.17) is 0 Å². The van der Waals surface area contributed by atoms with Crippen molar-refractivity contribution in [3.63, 3.8) is 0 Å². The van der Waals surface area contributed by atoms with Gasteiger partial charge in [-0.25, -0.2) is 4.39 Å². The molecular weight excluding hydrogens is 217 g/mol. The van der Waals surface area contributed by atoms with Gasteiger partial charge in [-0.05, 0) is 44.0 Å². The fourth-order valence-corrected chi connectivity index (χ4v) is 2.03. The molecule has 0 radical (unpaired) electrons. The van der Waals surface area contributed by atoms with Crippen molar-refractivity contribution in [3.8, 4) is 5.75 Å². The number of benzene rings is 1. The number of phenols is 1. The second-order valence-corrected chi connectivity index (χ2v) is 5.21. The van der Waals surface area contributed by atoms with E-state index < -0.39 is 0 Å². The second kappa shape index (κ2) is 6.01. The van der Waals surface area contributed by atoms with Gasteiger partial charge in [-0.1, -0.05) is 13.8 Å². The summed E-state index contributed by atoms with van der Waals surface area (Å²) in [7, 11) is 2.02. The van der Waals surface area contributed by atoms with E-state index in [-0.39, 0.29) is 11.6 Å². The van der Waals surface area contributed by atoms with Crippen molar-refractivity contribution in [1.82, 2.24) is 4.90 Å². The third kappa shape index (κ3) is 4.73. The van der Waals surface area contributed by atoms with Crippen LogP contribution in [0.4, 0.5) is 4.39 Å². The molecule has 1 aromatic carbocycles. The van der Waals surface area contributed by atoms with Gasteiger partial charge in [0.05, 0.1) is 0 Å². The first-order chi connectivity index (χ1) is 7.88. The Morgan fingerprint density at radius 2 is 1.88 bits per heavy atom. The molecule has 96 valence electrons. The number of nitrogens with zero attached hydrogens (tertiary/aromatic N) is 1. The summed E-state index contributed by atoms with van der Waals surface area (Å²) in [6.07, 6.45) is 1.11. The molecule has 2 nitrogen and oxygen atoms in total. The molecule has 0 aliphatic rings. The zero-order valence-corrected chi connectivity index (χ0v) is 11.1. The Balaban J connectivity index is 2.63. The number of rotatable bonds is 5. The fraction of sp³-hybridized carbons (Fsp3) is 0.571. The molecule has 0 bridgehead atoms. The van der Waals surface area contributed by atoms with Crippen molar-refractivity contribution < 1.29 is 9.50 Å². The van der Waals surface area contributed by atoms with Crippen LogP contribution in [-0.2, 0) is 6.54 Å². The van der Waals surface area contributed by atoms with Crippen LogP contribution in [0.2, 0.25) is 0 Å². The molecular formula is C14H22FNO. The van der Waals surface area contributed by atoms with E-state index >= 15 is 0 Å². The lowest BCUT2D eigenvalue weighted by Gasteiger charge is -2.26. The summed E-state index contributed by atoms with van der Waals surface area (Å²) in [4.78, 5) is 2.17. The summed E-state index contributed by atoms with van der Waals surface area (Å²) in [5.41, 5.74) is 0.806. The monoisotopic (exact) mass is 239 g/mol. The number of phenolic OH excluding ortho intramolecular Hbond substituents is 1. The van der Waals surface area contributed by atoms with Gasteiger partial charge < -0.3 is 5.11 Å². The van der Waals surface area contributed by atoms with Crippen LogP contribution in [0.25, 0.3) is 0 Å². The van der Waals surface area contributed by atoms with Crippen molar-refractivity contribution in [3.05, 3.63) is 29.6 Å². The first-order valence-corrected chi connectivity index (χ1v) is 6.07. The molecule has 0 heterocycles. The molecule has 1 atom stereocenters. The van der Waals surface area contributed by atoms with Crippen LogP contribution >= 0.6 is 0 Å². The molecule has 0 aliphatic heterocycles. The van der Waals surface area contributed by atoms with E-state index in [0.29, 0.717) is 18.5 Å². The molecule has 0 amide bonds. The van der Waals surface area contributed by atoms with Gasteiger partial charge in [0.1, 0.15) is 11.6 Å². The van der Waals surface area contributed by atoms with Gasteiger partial charge in [-0.15, -0.1) is 0 Å².